The Bertz CT molecular complexity index is 505. The first-order valence-electron chi connectivity index (χ1n) is 6.38. The number of pyridine rings is 1. The van der Waals surface area contributed by atoms with Crippen molar-refractivity contribution < 1.29 is 0 Å². The summed E-state index contributed by atoms with van der Waals surface area (Å²) >= 11 is 5.86. The molecule has 96 valence electrons. The summed E-state index contributed by atoms with van der Waals surface area (Å²) in [5.74, 6) is 2.15. The number of halogens is 1. The summed E-state index contributed by atoms with van der Waals surface area (Å²) < 4.78 is 0. The standard InChI is InChI=1S/C15H19ClN2/c1-11(2)14(7-9-16)18-15-13-6-4-3-5-12(13)8-10-17-15/h3-6,8,10-11,14H,7,9H2,1-2H3,(H,17,18). The van der Waals surface area contributed by atoms with Gasteiger partial charge < -0.3 is 5.32 Å². The van der Waals surface area contributed by atoms with Crippen molar-refractivity contribution in [3.63, 3.8) is 0 Å². The Kier molecular flexibility index (Phi) is 4.43. The van der Waals surface area contributed by atoms with E-state index in [0.717, 1.165) is 12.2 Å². The second-order valence-corrected chi connectivity index (χ2v) is 5.23. The highest BCUT2D eigenvalue weighted by atomic mass is 35.5. The topological polar surface area (TPSA) is 24.9 Å². The number of nitrogens with one attached hydrogen (secondary N) is 1. The van der Waals surface area contributed by atoms with Crippen LogP contribution in [0.25, 0.3) is 10.8 Å². The average Bonchev–Trinajstić information content (AvgIpc) is 2.38. The van der Waals surface area contributed by atoms with Crippen molar-refractivity contribution in [2.24, 2.45) is 5.92 Å². The van der Waals surface area contributed by atoms with Crippen LogP contribution in [0.3, 0.4) is 0 Å². The van der Waals surface area contributed by atoms with Gasteiger partial charge in [0.25, 0.3) is 0 Å². The van der Waals surface area contributed by atoms with Gasteiger partial charge in [0, 0.05) is 23.5 Å². The van der Waals surface area contributed by atoms with E-state index in [-0.39, 0.29) is 0 Å². The van der Waals surface area contributed by atoms with E-state index in [1.165, 1.54) is 10.8 Å². The van der Waals surface area contributed by atoms with Gasteiger partial charge in [-0.2, -0.15) is 0 Å². The zero-order chi connectivity index (χ0) is 13.0. The molecule has 0 aliphatic heterocycles. The maximum absolute atomic E-state index is 5.86. The molecule has 1 unspecified atom stereocenters. The van der Waals surface area contributed by atoms with Crippen molar-refractivity contribution in [1.29, 1.82) is 0 Å². The number of nitrogens with zero attached hydrogens (tertiary/aromatic N) is 1. The SMILES string of the molecule is CC(C)C(CCCl)Nc1nccc2ccccc12. The number of hydrogen-bond donors (Lipinski definition) is 1. The van der Waals surface area contributed by atoms with Crippen molar-refractivity contribution in [3.05, 3.63) is 36.5 Å². The third-order valence-corrected chi connectivity index (χ3v) is 3.44. The zero-order valence-corrected chi connectivity index (χ0v) is 11.6. The van der Waals surface area contributed by atoms with E-state index >= 15 is 0 Å². The second kappa shape index (κ2) is 6.05. The van der Waals surface area contributed by atoms with Crippen molar-refractivity contribution in [2.45, 2.75) is 26.3 Å². The Hall–Kier alpha value is -1.28. The Morgan fingerprint density at radius 2 is 2.00 bits per heavy atom. The van der Waals surface area contributed by atoms with Gasteiger partial charge in [-0.3, -0.25) is 0 Å². The third-order valence-electron chi connectivity index (χ3n) is 3.22. The van der Waals surface area contributed by atoms with Crippen LogP contribution >= 0.6 is 11.6 Å². The highest BCUT2D eigenvalue weighted by Crippen LogP contribution is 2.23. The number of alkyl halides is 1. The number of hydrogen-bond acceptors (Lipinski definition) is 2. The Morgan fingerprint density at radius 1 is 1.22 bits per heavy atom. The predicted molar refractivity (Wildman–Crippen MR) is 79.3 cm³/mol. The lowest BCUT2D eigenvalue weighted by molar-refractivity contribution is 0.512. The van der Waals surface area contributed by atoms with Crippen LogP contribution in [0.4, 0.5) is 5.82 Å². The van der Waals surface area contributed by atoms with Crippen LogP contribution in [0.15, 0.2) is 36.5 Å². The van der Waals surface area contributed by atoms with Gasteiger partial charge in [-0.1, -0.05) is 38.1 Å². The number of anilines is 1. The Morgan fingerprint density at radius 3 is 2.72 bits per heavy atom. The molecule has 0 saturated carbocycles. The van der Waals surface area contributed by atoms with Gasteiger partial charge in [0.15, 0.2) is 0 Å². The second-order valence-electron chi connectivity index (χ2n) is 4.85. The first kappa shape index (κ1) is 13.2. The van der Waals surface area contributed by atoms with Crippen LogP contribution in [0.2, 0.25) is 0 Å². The fourth-order valence-electron chi connectivity index (χ4n) is 2.10. The van der Waals surface area contributed by atoms with Crippen molar-refractivity contribution >= 4 is 28.2 Å². The lowest BCUT2D eigenvalue weighted by Gasteiger charge is -2.22. The van der Waals surface area contributed by atoms with Gasteiger partial charge in [-0.15, -0.1) is 11.6 Å². The summed E-state index contributed by atoms with van der Waals surface area (Å²) in [6.45, 7) is 4.41. The van der Waals surface area contributed by atoms with E-state index in [9.17, 15) is 0 Å². The van der Waals surface area contributed by atoms with E-state index in [4.69, 9.17) is 11.6 Å². The summed E-state index contributed by atoms with van der Waals surface area (Å²) in [5.41, 5.74) is 0. The Balaban J connectivity index is 2.30. The van der Waals surface area contributed by atoms with Gasteiger partial charge >= 0.3 is 0 Å². The lowest BCUT2D eigenvalue weighted by atomic mass is 10.0. The molecule has 2 aromatic rings. The molecule has 0 aliphatic carbocycles. The minimum absolute atomic E-state index is 0.362. The van der Waals surface area contributed by atoms with E-state index < -0.39 is 0 Å². The molecule has 1 heterocycles. The highest BCUT2D eigenvalue weighted by Gasteiger charge is 2.14. The molecule has 0 aliphatic rings. The molecule has 0 bridgehead atoms. The van der Waals surface area contributed by atoms with E-state index in [0.29, 0.717) is 17.8 Å². The lowest BCUT2D eigenvalue weighted by Crippen LogP contribution is -2.26. The molecule has 18 heavy (non-hydrogen) atoms. The quantitative estimate of drug-likeness (QED) is 0.813. The molecular weight excluding hydrogens is 244 g/mol. The van der Waals surface area contributed by atoms with Gasteiger partial charge in [0.05, 0.1) is 0 Å². The van der Waals surface area contributed by atoms with Crippen LogP contribution in [0.1, 0.15) is 20.3 Å². The monoisotopic (exact) mass is 262 g/mol. The van der Waals surface area contributed by atoms with E-state index in [2.05, 4.69) is 36.3 Å². The van der Waals surface area contributed by atoms with Crippen molar-refractivity contribution in [3.8, 4) is 0 Å². The summed E-state index contributed by atoms with van der Waals surface area (Å²) in [6, 6.07) is 10.7. The van der Waals surface area contributed by atoms with Gasteiger partial charge in [-0.25, -0.2) is 4.98 Å². The summed E-state index contributed by atoms with van der Waals surface area (Å²) in [7, 11) is 0. The molecule has 0 amide bonds. The summed E-state index contributed by atoms with van der Waals surface area (Å²) in [6.07, 6.45) is 2.80. The van der Waals surface area contributed by atoms with E-state index in [1.54, 1.807) is 0 Å². The normalized spacial score (nSPS) is 12.9. The summed E-state index contributed by atoms with van der Waals surface area (Å²) in [5, 5.41) is 5.91. The maximum atomic E-state index is 5.86. The molecular formula is C15H19ClN2. The molecule has 1 N–H and O–H groups in total. The van der Waals surface area contributed by atoms with Gasteiger partial charge in [0.1, 0.15) is 5.82 Å². The largest absolute Gasteiger partial charge is 0.367 e. The van der Waals surface area contributed by atoms with Crippen LogP contribution in [0.5, 0.6) is 0 Å². The molecule has 1 aromatic heterocycles. The zero-order valence-electron chi connectivity index (χ0n) is 10.9. The fourth-order valence-corrected chi connectivity index (χ4v) is 2.34. The Labute approximate surface area is 113 Å². The molecule has 2 rings (SSSR count). The first-order valence-corrected chi connectivity index (χ1v) is 6.92. The minimum atomic E-state index is 0.362. The molecule has 0 saturated heterocycles. The molecule has 1 atom stereocenters. The number of benzene rings is 1. The van der Waals surface area contributed by atoms with Crippen LogP contribution in [-0.4, -0.2) is 16.9 Å². The van der Waals surface area contributed by atoms with Crippen LogP contribution in [0, 0.1) is 5.92 Å². The first-order chi connectivity index (χ1) is 8.72. The molecule has 0 fully saturated rings. The molecule has 1 aromatic carbocycles. The molecule has 0 spiro atoms. The van der Waals surface area contributed by atoms with Crippen LogP contribution in [-0.2, 0) is 0 Å². The number of rotatable bonds is 5. The number of aromatic nitrogens is 1. The molecule has 0 radical (unpaired) electrons. The van der Waals surface area contributed by atoms with Crippen molar-refractivity contribution in [2.75, 3.05) is 11.2 Å². The van der Waals surface area contributed by atoms with Crippen molar-refractivity contribution in [1.82, 2.24) is 4.98 Å². The average molecular weight is 263 g/mol. The third kappa shape index (κ3) is 2.94. The van der Waals surface area contributed by atoms with Crippen LogP contribution < -0.4 is 5.32 Å². The maximum Gasteiger partial charge on any atom is 0.134 e. The summed E-state index contributed by atoms with van der Waals surface area (Å²) in [4.78, 5) is 4.46. The molecule has 2 nitrogen and oxygen atoms in total. The fraction of sp³-hybridized carbons (Fsp3) is 0.400. The van der Waals surface area contributed by atoms with Gasteiger partial charge in [0.2, 0.25) is 0 Å². The molecule has 3 heteroatoms. The minimum Gasteiger partial charge on any atom is -0.367 e. The number of fused-ring (bicyclic) bond motifs is 1. The highest BCUT2D eigenvalue weighted by molar-refractivity contribution is 6.17. The predicted octanol–water partition coefficient (Wildman–Crippen LogP) is 4.30. The van der Waals surface area contributed by atoms with E-state index in [1.807, 2.05) is 24.4 Å². The van der Waals surface area contributed by atoms with Gasteiger partial charge in [-0.05, 0) is 23.8 Å². The smallest absolute Gasteiger partial charge is 0.134 e.